The van der Waals surface area contributed by atoms with Crippen LogP contribution < -0.4 is 5.32 Å². The second kappa shape index (κ2) is 5.99. The van der Waals surface area contributed by atoms with Gasteiger partial charge in [-0.05, 0) is 37.1 Å². The smallest absolute Gasteiger partial charge is 0.0222 e. The van der Waals surface area contributed by atoms with Gasteiger partial charge in [0.15, 0.2) is 0 Å². The molecule has 1 N–H and O–H groups in total. The summed E-state index contributed by atoms with van der Waals surface area (Å²) in [5, 5.41) is 3.36. The van der Waals surface area contributed by atoms with Crippen LogP contribution in [0.25, 0.3) is 0 Å². The molecule has 0 aromatic heterocycles. The van der Waals surface area contributed by atoms with E-state index in [0.29, 0.717) is 0 Å². The van der Waals surface area contributed by atoms with Gasteiger partial charge in [0.1, 0.15) is 0 Å². The molecule has 76 valence electrons. The van der Waals surface area contributed by atoms with Gasteiger partial charge >= 0.3 is 0 Å². The average molecular weight is 254 g/mol. The van der Waals surface area contributed by atoms with Crippen LogP contribution in [0.2, 0.25) is 0 Å². The Bertz CT molecular complexity index is 307. The first-order valence-electron chi connectivity index (χ1n) is 4.80. The Morgan fingerprint density at radius 3 is 2.93 bits per heavy atom. The van der Waals surface area contributed by atoms with Gasteiger partial charge in [-0.25, -0.2) is 0 Å². The van der Waals surface area contributed by atoms with Crippen LogP contribution in [0.3, 0.4) is 0 Å². The van der Waals surface area contributed by atoms with Gasteiger partial charge < -0.3 is 5.32 Å². The fraction of sp³-hybridized carbons (Fsp3) is 0.333. The zero-order valence-electron chi connectivity index (χ0n) is 8.52. The topological polar surface area (TPSA) is 12.0 Å². The number of hydrogen-bond donors (Lipinski definition) is 1. The molecule has 0 atom stereocenters. The normalized spacial score (nSPS) is 10.1. The first-order valence-corrected chi connectivity index (χ1v) is 5.60. The largest absolute Gasteiger partial charge is 0.312 e. The highest BCUT2D eigenvalue weighted by Gasteiger charge is 1.98. The van der Waals surface area contributed by atoms with Crippen molar-refractivity contribution in [3.8, 4) is 0 Å². The van der Waals surface area contributed by atoms with Gasteiger partial charge in [-0.2, -0.15) is 0 Å². The Kier molecular flexibility index (Phi) is 4.91. The molecule has 0 fully saturated rings. The molecule has 0 spiro atoms. The van der Waals surface area contributed by atoms with Crippen LogP contribution in [0.4, 0.5) is 0 Å². The van der Waals surface area contributed by atoms with Gasteiger partial charge in [-0.3, -0.25) is 0 Å². The second-order valence-corrected chi connectivity index (χ2v) is 4.20. The van der Waals surface area contributed by atoms with E-state index in [1.165, 1.54) is 15.6 Å². The van der Waals surface area contributed by atoms with Crippen molar-refractivity contribution in [3.05, 3.63) is 46.5 Å². The minimum atomic E-state index is 0.911. The van der Waals surface area contributed by atoms with E-state index in [0.717, 1.165) is 19.5 Å². The maximum absolute atomic E-state index is 3.69. The number of rotatable bonds is 5. The Morgan fingerprint density at radius 2 is 2.29 bits per heavy atom. The Labute approximate surface area is 94.3 Å². The molecule has 2 heteroatoms. The maximum Gasteiger partial charge on any atom is 0.0222 e. The van der Waals surface area contributed by atoms with Gasteiger partial charge in [0.05, 0.1) is 0 Å². The van der Waals surface area contributed by atoms with E-state index in [9.17, 15) is 0 Å². The lowest BCUT2D eigenvalue weighted by Gasteiger charge is -2.06. The predicted molar refractivity (Wildman–Crippen MR) is 65.4 cm³/mol. The summed E-state index contributed by atoms with van der Waals surface area (Å²) in [6, 6.07) is 6.43. The van der Waals surface area contributed by atoms with Crippen molar-refractivity contribution in [2.24, 2.45) is 0 Å². The van der Waals surface area contributed by atoms with E-state index in [-0.39, 0.29) is 0 Å². The lowest BCUT2D eigenvalue weighted by atomic mass is 10.1. The number of nitrogens with one attached hydrogen (secondary N) is 1. The van der Waals surface area contributed by atoms with Gasteiger partial charge in [0.2, 0.25) is 0 Å². The van der Waals surface area contributed by atoms with Crippen molar-refractivity contribution in [1.82, 2.24) is 5.32 Å². The molecular weight excluding hydrogens is 238 g/mol. The maximum atomic E-state index is 3.69. The Hall–Kier alpha value is -0.600. The van der Waals surface area contributed by atoms with Crippen LogP contribution in [-0.2, 0) is 6.54 Å². The minimum Gasteiger partial charge on any atom is -0.312 e. The van der Waals surface area contributed by atoms with E-state index < -0.39 is 0 Å². The highest BCUT2D eigenvalue weighted by Crippen LogP contribution is 2.17. The molecular formula is C12H16BrN. The lowest BCUT2D eigenvalue weighted by Crippen LogP contribution is -2.14. The van der Waals surface area contributed by atoms with E-state index in [2.05, 4.69) is 52.9 Å². The third-order valence-electron chi connectivity index (χ3n) is 2.05. The highest BCUT2D eigenvalue weighted by atomic mass is 79.9. The molecule has 0 aliphatic heterocycles. The molecule has 0 radical (unpaired) electrons. The molecule has 1 rings (SSSR count). The third kappa shape index (κ3) is 3.64. The van der Waals surface area contributed by atoms with Gasteiger partial charge in [-0.1, -0.05) is 34.1 Å². The van der Waals surface area contributed by atoms with Crippen LogP contribution in [0, 0.1) is 6.92 Å². The molecule has 0 saturated carbocycles. The second-order valence-electron chi connectivity index (χ2n) is 3.35. The van der Waals surface area contributed by atoms with Crippen LogP contribution in [0.15, 0.2) is 35.3 Å². The summed E-state index contributed by atoms with van der Waals surface area (Å²) in [7, 11) is 0. The summed E-state index contributed by atoms with van der Waals surface area (Å²) >= 11 is 3.56. The molecule has 1 nitrogen and oxygen atoms in total. The molecule has 0 amide bonds. The fourth-order valence-corrected chi connectivity index (χ4v) is 1.86. The number of benzene rings is 1. The summed E-state index contributed by atoms with van der Waals surface area (Å²) in [5.74, 6) is 0. The zero-order valence-corrected chi connectivity index (χ0v) is 10.1. The SMILES string of the molecule is C=CCCNCc1ccc(C)cc1Br. The van der Waals surface area contributed by atoms with Crippen molar-refractivity contribution in [2.45, 2.75) is 19.9 Å². The monoisotopic (exact) mass is 253 g/mol. The Balaban J connectivity index is 2.46. The fourth-order valence-electron chi connectivity index (χ4n) is 1.22. The highest BCUT2D eigenvalue weighted by molar-refractivity contribution is 9.10. The molecule has 0 heterocycles. The zero-order chi connectivity index (χ0) is 10.4. The Morgan fingerprint density at radius 1 is 1.50 bits per heavy atom. The molecule has 0 unspecified atom stereocenters. The molecule has 0 saturated heterocycles. The van der Waals surface area contributed by atoms with Crippen molar-refractivity contribution >= 4 is 15.9 Å². The molecule has 0 bridgehead atoms. The van der Waals surface area contributed by atoms with Crippen LogP contribution in [0.5, 0.6) is 0 Å². The number of aryl methyl sites for hydroxylation is 1. The standard InChI is InChI=1S/C12H16BrN/c1-3-4-7-14-9-11-6-5-10(2)8-12(11)13/h3,5-6,8,14H,1,4,7,9H2,2H3. The first-order chi connectivity index (χ1) is 6.74. The molecule has 0 aliphatic rings. The van der Waals surface area contributed by atoms with Gasteiger partial charge in [0, 0.05) is 11.0 Å². The summed E-state index contributed by atoms with van der Waals surface area (Å²) in [6.07, 6.45) is 2.95. The van der Waals surface area contributed by atoms with Crippen molar-refractivity contribution in [2.75, 3.05) is 6.54 Å². The summed E-state index contributed by atoms with van der Waals surface area (Å²) in [4.78, 5) is 0. The molecule has 14 heavy (non-hydrogen) atoms. The number of halogens is 1. The lowest BCUT2D eigenvalue weighted by molar-refractivity contribution is 0.694. The quantitative estimate of drug-likeness (QED) is 0.627. The van der Waals surface area contributed by atoms with E-state index >= 15 is 0 Å². The molecule has 1 aromatic rings. The van der Waals surface area contributed by atoms with Crippen LogP contribution in [0.1, 0.15) is 17.5 Å². The first kappa shape index (κ1) is 11.5. The molecule has 1 aromatic carbocycles. The van der Waals surface area contributed by atoms with Crippen LogP contribution >= 0.6 is 15.9 Å². The van der Waals surface area contributed by atoms with E-state index in [4.69, 9.17) is 0 Å². The van der Waals surface area contributed by atoms with Crippen molar-refractivity contribution in [1.29, 1.82) is 0 Å². The van der Waals surface area contributed by atoms with Gasteiger partial charge in [-0.15, -0.1) is 6.58 Å². The van der Waals surface area contributed by atoms with Gasteiger partial charge in [0.25, 0.3) is 0 Å². The average Bonchev–Trinajstić information content (AvgIpc) is 2.15. The molecule has 0 aliphatic carbocycles. The van der Waals surface area contributed by atoms with Crippen molar-refractivity contribution < 1.29 is 0 Å². The third-order valence-corrected chi connectivity index (χ3v) is 2.79. The minimum absolute atomic E-state index is 0.911. The summed E-state index contributed by atoms with van der Waals surface area (Å²) < 4.78 is 1.18. The van der Waals surface area contributed by atoms with E-state index in [1.807, 2.05) is 6.08 Å². The summed E-state index contributed by atoms with van der Waals surface area (Å²) in [6.45, 7) is 7.68. The van der Waals surface area contributed by atoms with E-state index in [1.54, 1.807) is 0 Å². The van der Waals surface area contributed by atoms with Crippen LogP contribution in [-0.4, -0.2) is 6.54 Å². The predicted octanol–water partition coefficient (Wildman–Crippen LogP) is 3.42. The number of hydrogen-bond acceptors (Lipinski definition) is 1. The summed E-state index contributed by atoms with van der Waals surface area (Å²) in [5.41, 5.74) is 2.59. The van der Waals surface area contributed by atoms with Crippen molar-refractivity contribution in [3.63, 3.8) is 0 Å².